The molecule has 1 heterocycles. The Morgan fingerprint density at radius 1 is 1.29 bits per heavy atom. The third kappa shape index (κ3) is 2.69. The van der Waals surface area contributed by atoms with Crippen LogP contribution in [0.5, 0.6) is 0 Å². The molecule has 0 atom stereocenters. The molecular weight excluding hydrogens is 106 g/mol. The van der Waals surface area contributed by atoms with Crippen LogP contribution in [-0.4, -0.2) is 55.1 Å². The van der Waals surface area contributed by atoms with Crippen molar-refractivity contribution in [3.8, 4) is 0 Å². The molecule has 35 valence electrons. The summed E-state index contributed by atoms with van der Waals surface area (Å²) in [4.78, 5) is 0. The van der Waals surface area contributed by atoms with Crippen LogP contribution in [0, 0.1) is 0 Å². The molecule has 7 heavy (non-hydrogen) atoms. The van der Waals surface area contributed by atoms with Crippen LogP contribution < -0.4 is 0 Å². The van der Waals surface area contributed by atoms with Gasteiger partial charge in [-0.15, -0.1) is 0 Å². The van der Waals surface area contributed by atoms with Crippen LogP contribution in [0.25, 0.3) is 0 Å². The molecule has 1 rings (SSSR count). The predicted molar refractivity (Wildman–Crippen MR) is 25.6 cm³/mol. The summed E-state index contributed by atoms with van der Waals surface area (Å²) >= 11 is 0. The van der Waals surface area contributed by atoms with Gasteiger partial charge in [0.05, 0.1) is 13.2 Å². The molecule has 0 spiro atoms. The quantitative estimate of drug-likeness (QED) is 0.392. The van der Waals surface area contributed by atoms with Crippen molar-refractivity contribution in [3.63, 3.8) is 0 Å². The molecule has 0 aromatic heterocycles. The van der Waals surface area contributed by atoms with Crippen molar-refractivity contribution < 1.29 is 14.3 Å². The molecule has 0 amide bonds. The molecule has 1 saturated heterocycles. The van der Waals surface area contributed by atoms with Crippen molar-refractivity contribution in [1.29, 1.82) is 0 Å². The van der Waals surface area contributed by atoms with E-state index in [-0.39, 0.29) is 29.6 Å². The summed E-state index contributed by atoms with van der Waals surface area (Å²) < 4.78 is 8.97. The predicted octanol–water partition coefficient (Wildman–Crippen LogP) is -1.37. The standard InChI is InChI=1S/C2H5BO3.Na/c4-3-5-1-2-6-3;/h4H,1-2H2;. The van der Waals surface area contributed by atoms with Crippen molar-refractivity contribution in [2.45, 2.75) is 0 Å². The topological polar surface area (TPSA) is 38.7 Å². The Labute approximate surface area is 64.5 Å². The largest absolute Gasteiger partial charge is 0.636 e. The average Bonchev–Trinajstić information content (AvgIpc) is 1.86. The Morgan fingerprint density at radius 3 is 1.86 bits per heavy atom. The molecule has 3 nitrogen and oxygen atoms in total. The smallest absolute Gasteiger partial charge is 0.402 e. The van der Waals surface area contributed by atoms with Gasteiger partial charge in [0.2, 0.25) is 0 Å². The maximum Gasteiger partial charge on any atom is 0.636 e. The van der Waals surface area contributed by atoms with E-state index in [2.05, 4.69) is 9.31 Å². The fraction of sp³-hybridized carbons (Fsp3) is 1.00. The van der Waals surface area contributed by atoms with Gasteiger partial charge in [-0.25, -0.2) is 0 Å². The van der Waals surface area contributed by atoms with Crippen molar-refractivity contribution in [1.82, 2.24) is 0 Å². The van der Waals surface area contributed by atoms with E-state index in [1.54, 1.807) is 0 Å². The third-order valence-corrected chi connectivity index (χ3v) is 0.604. The van der Waals surface area contributed by atoms with Gasteiger partial charge in [0, 0.05) is 29.6 Å². The SMILES string of the molecule is OB1OCCO1.[Na]. The van der Waals surface area contributed by atoms with Gasteiger partial charge < -0.3 is 14.3 Å². The van der Waals surface area contributed by atoms with Gasteiger partial charge in [0.1, 0.15) is 0 Å². The van der Waals surface area contributed by atoms with Crippen LogP contribution in [0.2, 0.25) is 0 Å². The molecule has 0 saturated carbocycles. The fourth-order valence-electron chi connectivity index (χ4n) is 0.346. The molecule has 1 fully saturated rings. The van der Waals surface area contributed by atoms with Crippen LogP contribution in [0.4, 0.5) is 0 Å². The number of rotatable bonds is 0. The molecule has 0 unspecified atom stereocenters. The monoisotopic (exact) mass is 111 g/mol. The van der Waals surface area contributed by atoms with Crippen LogP contribution >= 0.6 is 0 Å². The molecule has 1 aliphatic rings. The zero-order valence-electron chi connectivity index (χ0n) is 4.26. The van der Waals surface area contributed by atoms with Gasteiger partial charge >= 0.3 is 7.32 Å². The molecule has 0 aliphatic carbocycles. The van der Waals surface area contributed by atoms with E-state index in [0.29, 0.717) is 13.2 Å². The maximum atomic E-state index is 8.28. The maximum absolute atomic E-state index is 8.28. The molecule has 0 aromatic carbocycles. The summed E-state index contributed by atoms with van der Waals surface area (Å²) in [6.45, 7) is 1.03. The van der Waals surface area contributed by atoms with E-state index >= 15 is 0 Å². The summed E-state index contributed by atoms with van der Waals surface area (Å²) in [5, 5.41) is 8.28. The minimum atomic E-state index is -0.954. The normalized spacial score (nSPS) is 19.3. The molecule has 5 heteroatoms. The minimum Gasteiger partial charge on any atom is -0.402 e. The summed E-state index contributed by atoms with van der Waals surface area (Å²) in [6, 6.07) is 0. The first-order chi connectivity index (χ1) is 2.89. The Morgan fingerprint density at radius 2 is 1.71 bits per heavy atom. The average molecular weight is 111 g/mol. The molecule has 1 radical (unpaired) electrons. The number of hydrogen-bond acceptors (Lipinski definition) is 3. The minimum absolute atomic E-state index is 0. The second-order valence-electron chi connectivity index (χ2n) is 1.05. The summed E-state index contributed by atoms with van der Waals surface area (Å²) in [6.07, 6.45) is 0. The third-order valence-electron chi connectivity index (χ3n) is 0.604. The summed E-state index contributed by atoms with van der Waals surface area (Å²) in [5.41, 5.74) is 0. The molecule has 1 N–H and O–H groups in total. The second kappa shape index (κ2) is 3.89. The van der Waals surface area contributed by atoms with Crippen molar-refractivity contribution in [2.24, 2.45) is 0 Å². The van der Waals surface area contributed by atoms with Gasteiger partial charge in [-0.3, -0.25) is 0 Å². The molecule has 0 bridgehead atoms. The van der Waals surface area contributed by atoms with Gasteiger partial charge in [-0.05, 0) is 0 Å². The van der Waals surface area contributed by atoms with Crippen molar-refractivity contribution >= 4 is 36.9 Å². The first-order valence-electron chi connectivity index (χ1n) is 1.81. The van der Waals surface area contributed by atoms with E-state index in [9.17, 15) is 0 Å². The second-order valence-corrected chi connectivity index (χ2v) is 1.05. The first kappa shape index (κ1) is 7.94. The first-order valence-corrected chi connectivity index (χ1v) is 1.81. The molecule has 0 aromatic rings. The fourth-order valence-corrected chi connectivity index (χ4v) is 0.346. The number of hydrogen-bond donors (Lipinski definition) is 1. The van der Waals surface area contributed by atoms with Crippen LogP contribution in [0.1, 0.15) is 0 Å². The summed E-state index contributed by atoms with van der Waals surface area (Å²) in [5.74, 6) is 0. The van der Waals surface area contributed by atoms with Crippen LogP contribution in [0.15, 0.2) is 0 Å². The van der Waals surface area contributed by atoms with E-state index in [0.717, 1.165) is 0 Å². The van der Waals surface area contributed by atoms with E-state index < -0.39 is 7.32 Å². The summed E-state index contributed by atoms with van der Waals surface area (Å²) in [7, 11) is -0.954. The van der Waals surface area contributed by atoms with Gasteiger partial charge in [0.15, 0.2) is 0 Å². The van der Waals surface area contributed by atoms with Crippen molar-refractivity contribution in [2.75, 3.05) is 13.2 Å². The molecular formula is C2H5BNaO3. The van der Waals surface area contributed by atoms with E-state index in [4.69, 9.17) is 5.02 Å². The zero-order valence-corrected chi connectivity index (χ0v) is 6.26. The zero-order chi connectivity index (χ0) is 4.41. The van der Waals surface area contributed by atoms with Crippen LogP contribution in [0.3, 0.4) is 0 Å². The Hall–Kier alpha value is 0.945. The van der Waals surface area contributed by atoms with Gasteiger partial charge in [-0.1, -0.05) is 0 Å². The Bertz CT molecular complexity index is 46.2. The Kier molecular flexibility index (Phi) is 4.41. The Balaban J connectivity index is 0.000000360. The van der Waals surface area contributed by atoms with E-state index in [1.807, 2.05) is 0 Å². The van der Waals surface area contributed by atoms with Gasteiger partial charge in [0.25, 0.3) is 0 Å². The van der Waals surface area contributed by atoms with Crippen LogP contribution in [-0.2, 0) is 9.31 Å². The van der Waals surface area contributed by atoms with E-state index in [1.165, 1.54) is 0 Å². The van der Waals surface area contributed by atoms with Gasteiger partial charge in [-0.2, -0.15) is 0 Å². The molecule has 1 aliphatic heterocycles. The van der Waals surface area contributed by atoms with Crippen molar-refractivity contribution in [3.05, 3.63) is 0 Å².